The molecule has 1 aliphatic carbocycles. The number of urea groups is 1. The van der Waals surface area contributed by atoms with Crippen LogP contribution in [0.25, 0.3) is 10.9 Å². The van der Waals surface area contributed by atoms with Gasteiger partial charge in [-0.05, 0) is 101 Å². The summed E-state index contributed by atoms with van der Waals surface area (Å²) in [7, 11) is 1.65. The first-order valence-corrected chi connectivity index (χ1v) is 20.1. The van der Waals surface area contributed by atoms with E-state index in [9.17, 15) is 37.6 Å². The molecule has 1 unspecified atom stereocenters. The van der Waals surface area contributed by atoms with Crippen LogP contribution in [0.3, 0.4) is 0 Å². The van der Waals surface area contributed by atoms with Gasteiger partial charge in [-0.2, -0.15) is 23.5 Å². The molecule has 4 heterocycles. The van der Waals surface area contributed by atoms with Gasteiger partial charge in [0.15, 0.2) is 10.9 Å². The number of thiocarbonyl (C=S) groups is 1. The summed E-state index contributed by atoms with van der Waals surface area (Å²) < 4.78 is 79.7. The molecule has 2 aromatic carbocycles. The highest BCUT2D eigenvalue weighted by Crippen LogP contribution is 2.41. The van der Waals surface area contributed by atoms with Gasteiger partial charge in [-0.3, -0.25) is 39.1 Å². The molecule has 7 rings (SSSR count). The lowest BCUT2D eigenvalue weighted by Crippen LogP contribution is -2.51. The van der Waals surface area contributed by atoms with Gasteiger partial charge in [-0.1, -0.05) is 6.07 Å². The number of ether oxygens (including phenoxy) is 1. The number of nitriles is 1. The molecule has 14 nitrogen and oxygen atoms in total. The fourth-order valence-corrected chi connectivity index (χ4v) is 9.39. The molecular formula is C40H44F5N9O5S. The second-order valence-electron chi connectivity index (χ2n) is 16.2. The number of benzene rings is 2. The number of para-hydroxylation sites is 1. The fraction of sp³-hybridized carbons (Fsp3) is 0.525. The van der Waals surface area contributed by atoms with Crippen LogP contribution in [0.4, 0.5) is 43.9 Å². The third-order valence-corrected chi connectivity index (χ3v) is 12.2. The Balaban J connectivity index is 0.885. The van der Waals surface area contributed by atoms with Gasteiger partial charge in [0.2, 0.25) is 11.8 Å². The third-order valence-electron chi connectivity index (χ3n) is 11.9. The predicted molar refractivity (Wildman–Crippen MR) is 213 cm³/mol. The lowest BCUT2D eigenvalue weighted by molar-refractivity contribution is -0.138. The number of nitrogens with one attached hydrogen (secondary N) is 2. The number of carbonyl (C=O) groups excluding carboxylic acids is 4. The van der Waals surface area contributed by atoms with Gasteiger partial charge < -0.3 is 15.0 Å². The largest absolute Gasteiger partial charge is 0.417 e. The number of rotatable bonds is 10. The second-order valence-corrected chi connectivity index (χ2v) is 16.6. The summed E-state index contributed by atoms with van der Waals surface area (Å²) in [6.07, 6.45) is -2.38. The molecule has 3 aliphatic heterocycles. The number of aromatic nitrogens is 2. The number of imide groups is 1. The van der Waals surface area contributed by atoms with Crippen LogP contribution in [-0.4, -0.2) is 105 Å². The van der Waals surface area contributed by atoms with Gasteiger partial charge in [0.25, 0.3) is 11.8 Å². The molecule has 2 N–H and O–H groups in total. The van der Waals surface area contributed by atoms with Gasteiger partial charge in [0.05, 0.1) is 53.3 Å². The average molecular weight is 858 g/mol. The first-order valence-electron chi connectivity index (χ1n) is 19.7. The number of amides is 5. The topological polar surface area (TPSA) is 156 Å². The van der Waals surface area contributed by atoms with E-state index in [4.69, 9.17) is 17.0 Å². The summed E-state index contributed by atoms with van der Waals surface area (Å²) in [5, 5.41) is 19.4. The van der Waals surface area contributed by atoms with Gasteiger partial charge in [0.1, 0.15) is 5.54 Å². The molecule has 320 valence electrons. The van der Waals surface area contributed by atoms with E-state index in [0.717, 1.165) is 17.0 Å². The monoisotopic (exact) mass is 857 g/mol. The molecule has 0 bridgehead atoms. The zero-order valence-electron chi connectivity index (χ0n) is 33.2. The Morgan fingerprint density at radius 2 is 1.82 bits per heavy atom. The number of fused-ring (bicyclic) bond motifs is 1. The number of carbonyl (C=O) groups is 4. The minimum atomic E-state index is -4.81. The van der Waals surface area contributed by atoms with E-state index in [1.807, 2.05) is 0 Å². The van der Waals surface area contributed by atoms with Gasteiger partial charge in [-0.25, -0.2) is 13.6 Å². The van der Waals surface area contributed by atoms with Crippen molar-refractivity contribution in [3.8, 4) is 6.07 Å². The maximum atomic E-state index is 15.5. The highest BCUT2D eigenvalue weighted by Gasteiger charge is 2.53. The molecule has 1 saturated carbocycles. The van der Waals surface area contributed by atoms with E-state index in [1.54, 1.807) is 50.1 Å². The van der Waals surface area contributed by atoms with Crippen molar-refractivity contribution in [2.45, 2.75) is 88.6 Å². The third kappa shape index (κ3) is 8.26. The van der Waals surface area contributed by atoms with Crippen molar-refractivity contribution in [2.24, 2.45) is 13.0 Å². The van der Waals surface area contributed by atoms with Crippen LogP contribution in [0, 0.1) is 17.2 Å². The lowest BCUT2D eigenvalue weighted by Gasteiger charge is -2.41. The molecule has 20 heteroatoms. The molecule has 4 fully saturated rings. The Bertz CT molecular complexity index is 2270. The standard InChI is InChI=1S/C40H44F5N9O5S/c1-38(2)35(57)53(26-8-7-23(20-46)29(19-26)40(43,44)45)37(60)54(38)25-9-11-27(12-10-25)59-18-15-24-13-16-51(22-39(24,41)42)21-32(56)47-30-6-4-5-28-33(30)50(3)49-34(28)52-17-14-31(55)48-36(52)58/h4-8,19,24-25,27H,9-18,21-22H2,1-3H3,(H,47,56)(H,48,55,58). The summed E-state index contributed by atoms with van der Waals surface area (Å²) in [6, 6.07) is 8.89. The van der Waals surface area contributed by atoms with E-state index >= 15 is 8.78 Å². The van der Waals surface area contributed by atoms with E-state index in [0.29, 0.717) is 48.1 Å². The summed E-state index contributed by atoms with van der Waals surface area (Å²) in [5.74, 6) is -5.05. The van der Waals surface area contributed by atoms with Crippen LogP contribution in [-0.2, 0) is 32.3 Å². The molecule has 4 aliphatic rings. The van der Waals surface area contributed by atoms with Crippen molar-refractivity contribution in [3.63, 3.8) is 0 Å². The Morgan fingerprint density at radius 1 is 1.08 bits per heavy atom. The van der Waals surface area contributed by atoms with Crippen molar-refractivity contribution >= 4 is 69.2 Å². The number of hydrogen-bond donors (Lipinski definition) is 2. The average Bonchev–Trinajstić information content (AvgIpc) is 3.60. The van der Waals surface area contributed by atoms with Crippen LogP contribution in [0.15, 0.2) is 36.4 Å². The maximum absolute atomic E-state index is 15.5. The van der Waals surface area contributed by atoms with Gasteiger partial charge in [0, 0.05) is 44.0 Å². The van der Waals surface area contributed by atoms with E-state index in [1.165, 1.54) is 20.5 Å². The molecule has 5 amide bonds. The highest BCUT2D eigenvalue weighted by atomic mass is 32.1. The number of anilines is 3. The smallest absolute Gasteiger partial charge is 0.378 e. The molecule has 3 aromatic rings. The van der Waals surface area contributed by atoms with Crippen LogP contribution >= 0.6 is 12.2 Å². The number of halogens is 5. The Morgan fingerprint density at radius 3 is 2.48 bits per heavy atom. The quantitative estimate of drug-likeness (QED) is 0.185. The molecule has 3 saturated heterocycles. The van der Waals surface area contributed by atoms with E-state index in [-0.39, 0.29) is 74.4 Å². The van der Waals surface area contributed by atoms with E-state index in [2.05, 4.69) is 15.7 Å². The zero-order valence-corrected chi connectivity index (χ0v) is 34.0. The maximum Gasteiger partial charge on any atom is 0.417 e. The van der Waals surface area contributed by atoms with Crippen molar-refractivity contribution < 1.29 is 45.9 Å². The molecule has 0 radical (unpaired) electrons. The van der Waals surface area contributed by atoms with Gasteiger partial charge >= 0.3 is 12.2 Å². The van der Waals surface area contributed by atoms with E-state index < -0.39 is 59.1 Å². The summed E-state index contributed by atoms with van der Waals surface area (Å²) in [6.45, 7) is 3.02. The van der Waals surface area contributed by atoms with Crippen molar-refractivity contribution in [2.75, 3.05) is 47.9 Å². The summed E-state index contributed by atoms with van der Waals surface area (Å²) in [5.41, 5.74) is -2.02. The first kappa shape index (κ1) is 42.8. The van der Waals surface area contributed by atoms with Crippen LogP contribution in [0.5, 0.6) is 0 Å². The second kappa shape index (κ2) is 16.3. The molecule has 1 atom stereocenters. The zero-order chi connectivity index (χ0) is 43.3. The normalized spacial score (nSPS) is 23.6. The number of aryl methyl sites for hydroxylation is 1. The Kier molecular flexibility index (Phi) is 11.6. The number of likely N-dealkylation sites (tertiary alicyclic amines) is 1. The Labute approximate surface area is 347 Å². The lowest BCUT2D eigenvalue weighted by atomic mass is 9.88. The number of hydrogen-bond acceptors (Lipinski definition) is 9. The Hall–Kier alpha value is -5.26. The summed E-state index contributed by atoms with van der Waals surface area (Å²) in [4.78, 5) is 56.5. The van der Waals surface area contributed by atoms with Crippen molar-refractivity contribution in [3.05, 3.63) is 47.5 Å². The molecule has 0 spiro atoms. The molecular weight excluding hydrogens is 814 g/mol. The van der Waals surface area contributed by atoms with Crippen molar-refractivity contribution in [1.29, 1.82) is 5.26 Å². The highest BCUT2D eigenvalue weighted by molar-refractivity contribution is 7.80. The van der Waals surface area contributed by atoms with Crippen LogP contribution < -0.4 is 20.4 Å². The minimum Gasteiger partial charge on any atom is -0.378 e. The van der Waals surface area contributed by atoms with Gasteiger partial charge in [-0.15, -0.1) is 0 Å². The molecule has 60 heavy (non-hydrogen) atoms. The van der Waals surface area contributed by atoms with Crippen LogP contribution in [0.1, 0.15) is 69.9 Å². The first-order chi connectivity index (χ1) is 28.3. The van der Waals surface area contributed by atoms with Crippen LogP contribution in [0.2, 0.25) is 0 Å². The SMILES string of the molecule is Cn1nc(N2CCC(=O)NC2=O)c2cccc(NC(=O)CN3CCC(CCOC4CCC(N5C(=S)N(c6ccc(C#N)c(C(F)(F)F)c6)C(=O)C5(C)C)CC4)C(F)(F)C3)c21. The predicted octanol–water partition coefficient (Wildman–Crippen LogP) is 5.94. The number of piperidine rings is 1. The number of nitrogens with zero attached hydrogens (tertiary/aromatic N) is 7. The summed E-state index contributed by atoms with van der Waals surface area (Å²) >= 11 is 5.68. The minimum absolute atomic E-state index is 0.0722. The fourth-order valence-electron chi connectivity index (χ4n) is 8.83. The molecule has 1 aromatic heterocycles. The van der Waals surface area contributed by atoms with Crippen molar-refractivity contribution in [1.82, 2.24) is 24.9 Å². The number of alkyl halides is 5.